The first kappa shape index (κ1) is 22.3. The Labute approximate surface area is 187 Å². The third kappa shape index (κ3) is 5.22. The van der Waals surface area contributed by atoms with Crippen LogP contribution in [-0.2, 0) is 7.05 Å². The molecule has 0 spiro atoms. The van der Waals surface area contributed by atoms with E-state index in [9.17, 15) is 4.79 Å². The first-order valence-corrected chi connectivity index (χ1v) is 11.0. The van der Waals surface area contributed by atoms with Gasteiger partial charge in [-0.2, -0.15) is 5.10 Å². The summed E-state index contributed by atoms with van der Waals surface area (Å²) in [7, 11) is 3.58. The zero-order valence-electron chi connectivity index (χ0n) is 18.2. The maximum Gasteiger partial charge on any atom is 0.252 e. The number of carbonyl (C=O) groups is 1. The van der Waals surface area contributed by atoms with Crippen molar-refractivity contribution < 1.29 is 4.79 Å². The minimum Gasteiger partial charge on any atom is -0.355 e. The van der Waals surface area contributed by atoms with Crippen LogP contribution >= 0.6 is 11.8 Å². The first-order valence-electron chi connectivity index (χ1n) is 10.2. The largest absolute Gasteiger partial charge is 0.355 e. The number of nitrogens with zero attached hydrogens (tertiary/aromatic N) is 3. The molecule has 31 heavy (non-hydrogen) atoms. The fraction of sp³-hybridized carbons (Fsp3) is 0.160. The van der Waals surface area contributed by atoms with Crippen molar-refractivity contribution in [3.8, 4) is 0 Å². The molecular formula is C25H26N4OS. The smallest absolute Gasteiger partial charge is 0.252 e. The highest BCUT2D eigenvalue weighted by atomic mass is 32.2. The van der Waals surface area contributed by atoms with E-state index in [1.165, 1.54) is 0 Å². The Bertz CT molecular complexity index is 1200. The van der Waals surface area contributed by atoms with Crippen molar-refractivity contribution >= 4 is 40.7 Å². The Morgan fingerprint density at radius 3 is 2.55 bits per heavy atom. The lowest BCUT2D eigenvalue weighted by Gasteiger charge is -2.08. The second kappa shape index (κ2) is 10.6. The van der Waals surface area contributed by atoms with Gasteiger partial charge in [0.25, 0.3) is 5.91 Å². The molecule has 0 saturated carbocycles. The molecule has 2 aromatic heterocycles. The van der Waals surface area contributed by atoms with Gasteiger partial charge < -0.3 is 5.32 Å². The highest BCUT2D eigenvalue weighted by molar-refractivity contribution is 7.99. The van der Waals surface area contributed by atoms with Crippen molar-refractivity contribution in [1.29, 1.82) is 0 Å². The van der Waals surface area contributed by atoms with Crippen molar-refractivity contribution in [1.82, 2.24) is 20.1 Å². The molecule has 0 fully saturated rings. The second-order valence-corrected chi connectivity index (χ2v) is 7.57. The van der Waals surface area contributed by atoms with Crippen LogP contribution in [0.5, 0.6) is 0 Å². The number of amides is 1. The lowest BCUT2D eigenvalue weighted by molar-refractivity contribution is 0.0960. The molecule has 0 bridgehead atoms. The summed E-state index contributed by atoms with van der Waals surface area (Å²) in [5.74, 6) is -0.0864. The van der Waals surface area contributed by atoms with Gasteiger partial charge in [-0.05, 0) is 54.6 Å². The minimum absolute atomic E-state index is 0.0864. The zero-order valence-corrected chi connectivity index (χ0v) is 19.0. The van der Waals surface area contributed by atoms with E-state index in [1.54, 1.807) is 25.0 Å². The minimum atomic E-state index is -0.0864. The van der Waals surface area contributed by atoms with Gasteiger partial charge in [0.2, 0.25) is 0 Å². The standard InChI is InChI=1S/C23H20N4OS.C2H6/c1-24-23(28)19-8-3-4-9-22(19)29-17-11-12-18-20(26-27(2)21(18)15-17)13-10-16-7-5-6-14-25-16;1-2/h3-15H,1-2H3,(H,24,28);1-2H3/b13-10+;. The second-order valence-electron chi connectivity index (χ2n) is 6.45. The van der Waals surface area contributed by atoms with Crippen LogP contribution in [0.3, 0.4) is 0 Å². The Kier molecular flexibility index (Phi) is 7.62. The number of carbonyl (C=O) groups excluding carboxylic acids is 1. The lowest BCUT2D eigenvalue weighted by Crippen LogP contribution is -2.18. The Morgan fingerprint density at radius 1 is 1.03 bits per heavy atom. The normalized spacial score (nSPS) is 10.7. The number of fused-ring (bicyclic) bond motifs is 1. The van der Waals surface area contributed by atoms with E-state index in [-0.39, 0.29) is 5.91 Å². The van der Waals surface area contributed by atoms with Crippen LogP contribution in [0.25, 0.3) is 23.1 Å². The fourth-order valence-corrected chi connectivity index (χ4v) is 4.07. The highest BCUT2D eigenvalue weighted by Crippen LogP contribution is 2.33. The van der Waals surface area contributed by atoms with E-state index >= 15 is 0 Å². The topological polar surface area (TPSA) is 59.8 Å². The molecule has 158 valence electrons. The molecule has 4 rings (SSSR count). The van der Waals surface area contributed by atoms with Gasteiger partial charge in [0, 0.05) is 35.5 Å². The number of benzene rings is 2. The monoisotopic (exact) mass is 430 g/mol. The molecule has 1 amide bonds. The molecule has 6 heteroatoms. The van der Waals surface area contributed by atoms with E-state index in [0.29, 0.717) is 5.56 Å². The van der Waals surface area contributed by atoms with Crippen molar-refractivity contribution in [3.05, 3.63) is 83.8 Å². The van der Waals surface area contributed by atoms with Crippen LogP contribution in [0.2, 0.25) is 0 Å². The van der Waals surface area contributed by atoms with E-state index in [1.807, 2.05) is 80.2 Å². The molecule has 0 unspecified atom stereocenters. The number of hydrogen-bond acceptors (Lipinski definition) is 4. The van der Waals surface area contributed by atoms with Gasteiger partial charge in [-0.15, -0.1) is 0 Å². The summed E-state index contributed by atoms with van der Waals surface area (Å²) in [6, 6.07) is 19.7. The average molecular weight is 431 g/mol. The van der Waals surface area contributed by atoms with Crippen molar-refractivity contribution in [3.63, 3.8) is 0 Å². The maximum atomic E-state index is 12.1. The Hall–Kier alpha value is -3.38. The number of aryl methyl sites for hydroxylation is 1. The molecule has 0 aliphatic carbocycles. The molecule has 0 aliphatic rings. The number of aromatic nitrogens is 3. The Balaban J connectivity index is 0.00000132. The molecule has 0 saturated heterocycles. The van der Waals surface area contributed by atoms with Gasteiger partial charge >= 0.3 is 0 Å². The summed E-state index contributed by atoms with van der Waals surface area (Å²) in [5, 5.41) is 8.41. The quantitative estimate of drug-likeness (QED) is 0.443. The molecule has 5 nitrogen and oxygen atoms in total. The van der Waals surface area contributed by atoms with Crippen LogP contribution < -0.4 is 5.32 Å². The number of hydrogen-bond donors (Lipinski definition) is 1. The lowest BCUT2D eigenvalue weighted by atomic mass is 10.2. The summed E-state index contributed by atoms with van der Waals surface area (Å²) in [6.07, 6.45) is 5.72. The number of pyridine rings is 1. The third-order valence-corrected chi connectivity index (χ3v) is 5.60. The van der Waals surface area contributed by atoms with Crippen molar-refractivity contribution in [2.75, 3.05) is 7.05 Å². The first-order chi connectivity index (χ1) is 15.2. The van der Waals surface area contributed by atoms with E-state index < -0.39 is 0 Å². The summed E-state index contributed by atoms with van der Waals surface area (Å²) < 4.78 is 1.88. The predicted octanol–water partition coefficient (Wildman–Crippen LogP) is 5.68. The predicted molar refractivity (Wildman–Crippen MR) is 129 cm³/mol. The SMILES string of the molecule is CC.CNC(=O)c1ccccc1Sc1ccc2c(/C=C/c3ccccn3)nn(C)c2c1. The molecule has 0 radical (unpaired) electrons. The zero-order chi connectivity index (χ0) is 22.2. The van der Waals surface area contributed by atoms with E-state index in [4.69, 9.17) is 0 Å². The van der Waals surface area contributed by atoms with Gasteiger partial charge in [-0.1, -0.05) is 43.8 Å². The average Bonchev–Trinajstić information content (AvgIpc) is 3.14. The van der Waals surface area contributed by atoms with E-state index in [0.717, 1.165) is 32.1 Å². The van der Waals surface area contributed by atoms with Gasteiger partial charge in [-0.3, -0.25) is 14.5 Å². The number of nitrogens with one attached hydrogen (secondary N) is 1. The van der Waals surface area contributed by atoms with Crippen molar-refractivity contribution in [2.24, 2.45) is 7.05 Å². The van der Waals surface area contributed by atoms with E-state index in [2.05, 4.69) is 33.6 Å². The molecule has 2 heterocycles. The Morgan fingerprint density at radius 2 is 1.81 bits per heavy atom. The molecule has 0 aliphatic heterocycles. The van der Waals surface area contributed by atoms with Crippen LogP contribution in [0, 0.1) is 0 Å². The molecule has 2 aromatic carbocycles. The van der Waals surface area contributed by atoms with Crippen LogP contribution in [0.1, 0.15) is 35.6 Å². The summed E-state index contributed by atoms with van der Waals surface area (Å²) in [4.78, 5) is 18.4. The van der Waals surface area contributed by atoms with Crippen LogP contribution in [0.15, 0.2) is 76.7 Å². The van der Waals surface area contributed by atoms with Crippen molar-refractivity contribution in [2.45, 2.75) is 23.6 Å². The maximum absolute atomic E-state index is 12.1. The van der Waals surface area contributed by atoms with Gasteiger partial charge in [0.1, 0.15) is 0 Å². The van der Waals surface area contributed by atoms with Crippen LogP contribution in [0.4, 0.5) is 0 Å². The van der Waals surface area contributed by atoms with Crippen LogP contribution in [-0.4, -0.2) is 27.7 Å². The highest BCUT2D eigenvalue weighted by Gasteiger charge is 2.12. The summed E-state index contributed by atoms with van der Waals surface area (Å²) in [6.45, 7) is 4.00. The molecular weight excluding hydrogens is 404 g/mol. The number of rotatable bonds is 5. The van der Waals surface area contributed by atoms with Gasteiger partial charge in [-0.25, -0.2) is 0 Å². The summed E-state index contributed by atoms with van der Waals surface area (Å²) in [5.41, 5.74) is 3.50. The fourth-order valence-electron chi connectivity index (χ4n) is 3.10. The summed E-state index contributed by atoms with van der Waals surface area (Å²) >= 11 is 1.57. The molecule has 4 aromatic rings. The molecule has 1 N–H and O–H groups in total. The third-order valence-electron chi connectivity index (χ3n) is 4.54. The molecule has 0 atom stereocenters. The van der Waals surface area contributed by atoms with Gasteiger partial charge in [0.05, 0.1) is 22.5 Å². The van der Waals surface area contributed by atoms with Gasteiger partial charge in [0.15, 0.2) is 0 Å².